The minimum absolute atomic E-state index is 0.108. The van der Waals surface area contributed by atoms with Gasteiger partial charge in [-0.25, -0.2) is 4.79 Å². The summed E-state index contributed by atoms with van der Waals surface area (Å²) in [5, 5.41) is 2.57. The number of carbonyl (C=O) groups excluding carboxylic acids is 3. The second kappa shape index (κ2) is 8.17. The van der Waals surface area contributed by atoms with Crippen molar-refractivity contribution in [3.8, 4) is 5.75 Å². The number of amides is 1. The Morgan fingerprint density at radius 2 is 1.86 bits per heavy atom. The number of hydrogen-bond acceptors (Lipinski definition) is 5. The van der Waals surface area contributed by atoms with Crippen LogP contribution < -0.4 is 10.1 Å². The molecule has 2 aromatic rings. The third kappa shape index (κ3) is 5.22. The number of esters is 1. The molecule has 0 spiro atoms. The number of hydrogen-bond donors (Lipinski definition) is 1. The molecular formula is C20H14F3NO5. The highest BCUT2D eigenvalue weighted by atomic mass is 19.4. The fourth-order valence-electron chi connectivity index (χ4n) is 2.47. The van der Waals surface area contributed by atoms with Gasteiger partial charge in [0.05, 0.1) is 11.3 Å². The highest BCUT2D eigenvalue weighted by molar-refractivity contribution is 6.02. The first-order chi connectivity index (χ1) is 13.7. The van der Waals surface area contributed by atoms with Crippen molar-refractivity contribution >= 4 is 29.4 Å². The molecule has 2 aromatic carbocycles. The Morgan fingerprint density at radius 3 is 2.55 bits per heavy atom. The second-order valence-electron chi connectivity index (χ2n) is 6.03. The summed E-state index contributed by atoms with van der Waals surface area (Å²) in [5.41, 5.74) is 0.135. The Labute approximate surface area is 162 Å². The van der Waals surface area contributed by atoms with E-state index >= 15 is 0 Å². The maximum absolute atomic E-state index is 12.5. The van der Waals surface area contributed by atoms with E-state index in [1.807, 2.05) is 0 Å². The van der Waals surface area contributed by atoms with Gasteiger partial charge in [-0.05, 0) is 42.0 Å². The molecule has 3 rings (SSSR count). The van der Waals surface area contributed by atoms with Gasteiger partial charge in [0.25, 0.3) is 5.91 Å². The van der Waals surface area contributed by atoms with Crippen LogP contribution in [0.25, 0.3) is 6.08 Å². The molecule has 9 heteroatoms. The summed E-state index contributed by atoms with van der Waals surface area (Å²) in [6.45, 7) is -0.646. The zero-order valence-corrected chi connectivity index (χ0v) is 14.8. The molecule has 0 saturated carbocycles. The van der Waals surface area contributed by atoms with Crippen LogP contribution in [-0.4, -0.2) is 30.9 Å². The van der Waals surface area contributed by atoms with Gasteiger partial charge in [-0.3, -0.25) is 9.59 Å². The third-order valence-electron chi connectivity index (χ3n) is 3.93. The smallest absolute Gasteiger partial charge is 0.416 e. The number of halogens is 3. The van der Waals surface area contributed by atoms with Crippen LogP contribution in [0.15, 0.2) is 48.5 Å². The van der Waals surface area contributed by atoms with Crippen molar-refractivity contribution < 1.29 is 37.0 Å². The second-order valence-corrected chi connectivity index (χ2v) is 6.03. The van der Waals surface area contributed by atoms with Gasteiger partial charge in [0.1, 0.15) is 5.75 Å². The van der Waals surface area contributed by atoms with Crippen molar-refractivity contribution in [1.82, 2.24) is 0 Å². The van der Waals surface area contributed by atoms with Crippen LogP contribution in [-0.2, 0) is 20.5 Å². The van der Waals surface area contributed by atoms with Crippen LogP contribution in [0, 0.1) is 0 Å². The molecule has 0 aromatic heterocycles. The number of anilines is 1. The van der Waals surface area contributed by atoms with Gasteiger partial charge in [0, 0.05) is 11.6 Å². The Bertz CT molecular complexity index is 981. The van der Waals surface area contributed by atoms with Gasteiger partial charge in [0.15, 0.2) is 19.0 Å². The maximum atomic E-state index is 12.5. The van der Waals surface area contributed by atoms with Gasteiger partial charge in [-0.15, -0.1) is 0 Å². The van der Waals surface area contributed by atoms with Crippen molar-refractivity contribution in [2.75, 3.05) is 18.5 Å². The zero-order valence-electron chi connectivity index (χ0n) is 14.8. The third-order valence-corrected chi connectivity index (χ3v) is 3.93. The number of alkyl halides is 3. The van der Waals surface area contributed by atoms with Crippen LogP contribution in [0.4, 0.5) is 18.9 Å². The fourth-order valence-corrected chi connectivity index (χ4v) is 2.47. The average Bonchev–Trinajstić information content (AvgIpc) is 2.69. The Hall–Kier alpha value is -3.62. The first-order valence-electron chi connectivity index (χ1n) is 8.34. The van der Waals surface area contributed by atoms with Crippen LogP contribution in [0.1, 0.15) is 21.5 Å². The Kier molecular flexibility index (Phi) is 5.67. The number of ketones is 1. The van der Waals surface area contributed by atoms with E-state index in [2.05, 4.69) is 5.32 Å². The highest BCUT2D eigenvalue weighted by Gasteiger charge is 2.29. The summed E-state index contributed by atoms with van der Waals surface area (Å²) < 4.78 is 47.6. The number of benzene rings is 2. The van der Waals surface area contributed by atoms with Gasteiger partial charge in [-0.1, -0.05) is 12.1 Å². The lowest BCUT2D eigenvalue weighted by Gasteiger charge is -2.18. The number of ether oxygens (including phenoxy) is 2. The van der Waals surface area contributed by atoms with Gasteiger partial charge in [0.2, 0.25) is 0 Å². The van der Waals surface area contributed by atoms with Crippen LogP contribution >= 0.6 is 0 Å². The van der Waals surface area contributed by atoms with Crippen molar-refractivity contribution in [3.63, 3.8) is 0 Å². The first-order valence-corrected chi connectivity index (χ1v) is 8.34. The minimum atomic E-state index is -4.44. The number of nitrogens with one attached hydrogen (secondary N) is 1. The summed E-state index contributed by atoms with van der Waals surface area (Å²) in [4.78, 5) is 35.2. The topological polar surface area (TPSA) is 81.7 Å². The van der Waals surface area contributed by atoms with Crippen molar-refractivity contribution in [2.24, 2.45) is 0 Å². The first kappa shape index (κ1) is 20.1. The quantitative estimate of drug-likeness (QED) is 0.468. The molecule has 1 heterocycles. The predicted molar refractivity (Wildman–Crippen MR) is 96.3 cm³/mol. The van der Waals surface area contributed by atoms with E-state index in [9.17, 15) is 27.6 Å². The largest absolute Gasteiger partial charge is 0.482 e. The molecule has 29 heavy (non-hydrogen) atoms. The number of carbonyl (C=O) groups is 3. The van der Waals surface area contributed by atoms with Crippen LogP contribution in [0.2, 0.25) is 0 Å². The molecule has 0 bridgehead atoms. The molecule has 6 nitrogen and oxygen atoms in total. The summed E-state index contributed by atoms with van der Waals surface area (Å²) in [5.74, 6) is -1.24. The molecule has 1 aliphatic rings. The zero-order chi connectivity index (χ0) is 21.0. The van der Waals surface area contributed by atoms with Gasteiger partial charge in [-0.2, -0.15) is 13.2 Å². The van der Waals surface area contributed by atoms with Crippen LogP contribution in [0.3, 0.4) is 0 Å². The number of Topliss-reactive ketones (excluding diaryl/α,β-unsaturated/α-hetero) is 1. The van der Waals surface area contributed by atoms with E-state index in [-0.39, 0.29) is 18.1 Å². The molecule has 0 fully saturated rings. The van der Waals surface area contributed by atoms with E-state index in [4.69, 9.17) is 9.47 Å². The van der Waals surface area contributed by atoms with E-state index < -0.39 is 30.1 Å². The normalized spacial score (nSPS) is 13.4. The lowest BCUT2D eigenvalue weighted by Crippen LogP contribution is -2.25. The molecule has 150 valence electrons. The number of fused-ring (bicyclic) bond motifs is 1. The molecule has 0 radical (unpaired) electrons. The average molecular weight is 405 g/mol. The summed E-state index contributed by atoms with van der Waals surface area (Å²) >= 11 is 0. The van der Waals surface area contributed by atoms with E-state index in [1.165, 1.54) is 36.4 Å². The van der Waals surface area contributed by atoms with E-state index in [1.54, 1.807) is 0 Å². The molecule has 0 saturated heterocycles. The summed E-state index contributed by atoms with van der Waals surface area (Å²) in [6.07, 6.45) is -2.15. The lowest BCUT2D eigenvalue weighted by atomic mass is 10.1. The van der Waals surface area contributed by atoms with Crippen LogP contribution in [0.5, 0.6) is 5.75 Å². The SMILES string of the molecule is O=C1COc2ccc(C(=O)COC(=O)/C=C/c3ccc(C(F)(F)F)cc3)cc2N1. The van der Waals surface area contributed by atoms with Gasteiger partial charge >= 0.3 is 12.1 Å². The van der Waals surface area contributed by atoms with Crippen molar-refractivity contribution in [1.29, 1.82) is 0 Å². The molecule has 1 N–H and O–H groups in total. The van der Waals surface area contributed by atoms with Gasteiger partial charge < -0.3 is 14.8 Å². The van der Waals surface area contributed by atoms with Crippen molar-refractivity contribution in [2.45, 2.75) is 6.18 Å². The summed E-state index contributed by atoms with van der Waals surface area (Å²) in [6, 6.07) is 8.63. The monoisotopic (exact) mass is 405 g/mol. The molecular weight excluding hydrogens is 391 g/mol. The molecule has 1 aliphatic heterocycles. The summed E-state index contributed by atoms with van der Waals surface area (Å²) in [7, 11) is 0. The molecule has 0 unspecified atom stereocenters. The molecule has 1 amide bonds. The standard InChI is InChI=1S/C20H14F3NO5/c21-20(22,23)14-5-1-12(2-6-14)3-8-19(27)29-10-16(25)13-4-7-17-15(9-13)24-18(26)11-28-17/h1-9H,10-11H2,(H,24,26)/b8-3+. The Balaban J connectivity index is 1.55. The molecule has 0 atom stereocenters. The number of rotatable bonds is 5. The van der Waals surface area contributed by atoms with E-state index in [0.717, 1.165) is 18.2 Å². The predicted octanol–water partition coefficient (Wildman–Crippen LogP) is 3.48. The molecule has 0 aliphatic carbocycles. The Morgan fingerprint density at radius 1 is 1.14 bits per heavy atom. The van der Waals surface area contributed by atoms with Crippen molar-refractivity contribution in [3.05, 3.63) is 65.2 Å². The lowest BCUT2D eigenvalue weighted by molar-refractivity contribution is -0.138. The fraction of sp³-hybridized carbons (Fsp3) is 0.150. The van der Waals surface area contributed by atoms with E-state index in [0.29, 0.717) is 17.0 Å². The minimum Gasteiger partial charge on any atom is -0.482 e. The highest BCUT2D eigenvalue weighted by Crippen LogP contribution is 2.29. The maximum Gasteiger partial charge on any atom is 0.416 e.